The molecule has 5 rings (SSSR count). The van der Waals surface area contributed by atoms with Crippen LogP contribution in [0, 0.1) is 13.8 Å². The van der Waals surface area contributed by atoms with Gasteiger partial charge in [-0.1, -0.05) is 25.3 Å². The van der Waals surface area contributed by atoms with E-state index in [2.05, 4.69) is 28.4 Å². The van der Waals surface area contributed by atoms with E-state index >= 15 is 0 Å². The van der Waals surface area contributed by atoms with E-state index in [-0.39, 0.29) is 25.2 Å². The standard InChI is InChI=1S/C36H37N5O5/c1-7-22-18(3)26-13-27-20(5)24(9-11-34(42)37-17-36(45)46)32(40-27)16-33-25(10-12-35(43)44)21(6)29(41-33)15-31-23(8-2)19(4)28(39-31)14-30(22)38-26/h7-8,13-16,38-39H,1-2,9-12,17H2,3-6H3,(H,37,42)(H,43,44)(H,45,46). The number of allylic oxidation sites excluding steroid dienone is 4. The van der Waals surface area contributed by atoms with Crippen LogP contribution in [0.3, 0.4) is 0 Å². The molecular formula is C36H37N5O5. The summed E-state index contributed by atoms with van der Waals surface area (Å²) >= 11 is 0. The Morgan fingerprint density at radius 3 is 1.67 bits per heavy atom. The molecule has 0 saturated heterocycles. The molecule has 3 aromatic rings. The zero-order valence-corrected chi connectivity index (χ0v) is 26.4. The van der Waals surface area contributed by atoms with Crippen LogP contribution < -0.4 is 5.32 Å². The van der Waals surface area contributed by atoms with Crippen LogP contribution in [0.1, 0.15) is 84.6 Å². The van der Waals surface area contributed by atoms with Crippen molar-refractivity contribution in [3.8, 4) is 0 Å². The van der Waals surface area contributed by atoms with E-state index in [1.807, 2.05) is 64.1 Å². The molecule has 1 amide bonds. The number of rotatable bonds is 10. The monoisotopic (exact) mass is 619 g/mol. The Bertz CT molecular complexity index is 2060. The summed E-state index contributed by atoms with van der Waals surface area (Å²) in [7, 11) is 0. The highest BCUT2D eigenvalue weighted by molar-refractivity contribution is 5.97. The van der Waals surface area contributed by atoms with Gasteiger partial charge in [0.2, 0.25) is 5.91 Å². The number of aromatic nitrogens is 4. The molecule has 0 spiro atoms. The maximum Gasteiger partial charge on any atom is 0.322 e. The van der Waals surface area contributed by atoms with E-state index in [0.29, 0.717) is 29.2 Å². The molecule has 46 heavy (non-hydrogen) atoms. The number of aliphatic carboxylic acids is 2. The molecule has 5 heterocycles. The summed E-state index contributed by atoms with van der Waals surface area (Å²) in [6, 6.07) is 7.84. The molecule has 10 nitrogen and oxygen atoms in total. The number of H-pyrrole nitrogens is 2. The zero-order chi connectivity index (χ0) is 33.3. The van der Waals surface area contributed by atoms with Crippen LogP contribution in [0.15, 0.2) is 37.4 Å². The largest absolute Gasteiger partial charge is 0.481 e. The number of carbonyl (C=O) groups excluding carboxylic acids is 1. The fourth-order valence-corrected chi connectivity index (χ4v) is 6.04. The molecule has 0 unspecified atom stereocenters. The van der Waals surface area contributed by atoms with Gasteiger partial charge in [-0.05, 0) is 98.2 Å². The van der Waals surface area contributed by atoms with Crippen molar-refractivity contribution >= 4 is 74.4 Å². The molecule has 236 valence electrons. The van der Waals surface area contributed by atoms with Gasteiger partial charge < -0.3 is 25.5 Å². The molecule has 0 saturated carbocycles. The van der Waals surface area contributed by atoms with Gasteiger partial charge in [0, 0.05) is 46.0 Å². The van der Waals surface area contributed by atoms with Crippen LogP contribution in [0.5, 0.6) is 0 Å². The predicted molar refractivity (Wildman–Crippen MR) is 182 cm³/mol. The van der Waals surface area contributed by atoms with E-state index in [1.165, 1.54) is 0 Å². The van der Waals surface area contributed by atoms with Gasteiger partial charge in [-0.25, -0.2) is 9.97 Å². The lowest BCUT2D eigenvalue weighted by molar-refractivity contribution is -0.138. The van der Waals surface area contributed by atoms with Crippen LogP contribution in [-0.4, -0.2) is 54.5 Å². The number of carbonyl (C=O) groups is 3. The number of aryl methyl sites for hydroxylation is 2. The van der Waals surface area contributed by atoms with Crippen LogP contribution >= 0.6 is 0 Å². The Hall–Kier alpha value is -5.51. The van der Waals surface area contributed by atoms with Crippen molar-refractivity contribution in [2.75, 3.05) is 6.54 Å². The van der Waals surface area contributed by atoms with Crippen molar-refractivity contribution in [1.29, 1.82) is 0 Å². The van der Waals surface area contributed by atoms with Gasteiger partial charge in [-0.15, -0.1) is 0 Å². The van der Waals surface area contributed by atoms with Crippen molar-refractivity contribution in [3.63, 3.8) is 0 Å². The van der Waals surface area contributed by atoms with Gasteiger partial charge >= 0.3 is 11.9 Å². The molecule has 3 aromatic heterocycles. The molecule has 8 bridgehead atoms. The van der Waals surface area contributed by atoms with Crippen molar-refractivity contribution in [3.05, 3.63) is 82.5 Å². The minimum absolute atomic E-state index is 0.0611. The summed E-state index contributed by atoms with van der Waals surface area (Å²) in [4.78, 5) is 52.1. The third-order valence-electron chi connectivity index (χ3n) is 8.67. The smallest absolute Gasteiger partial charge is 0.322 e. The van der Waals surface area contributed by atoms with Gasteiger partial charge in [0.05, 0.1) is 22.8 Å². The first-order chi connectivity index (χ1) is 21.9. The Kier molecular flexibility index (Phi) is 8.91. The van der Waals surface area contributed by atoms with E-state index in [1.54, 1.807) is 0 Å². The normalized spacial score (nSPS) is 12.8. The summed E-state index contributed by atoms with van der Waals surface area (Å²) in [5.41, 5.74) is 13.4. The number of fused-ring (bicyclic) bond motifs is 8. The highest BCUT2D eigenvalue weighted by atomic mass is 16.4. The molecule has 0 radical (unpaired) electrons. The van der Waals surface area contributed by atoms with Crippen LogP contribution in [0.4, 0.5) is 0 Å². The van der Waals surface area contributed by atoms with E-state index in [0.717, 1.165) is 66.6 Å². The van der Waals surface area contributed by atoms with Gasteiger partial charge in [-0.2, -0.15) is 0 Å². The van der Waals surface area contributed by atoms with Crippen molar-refractivity contribution in [2.45, 2.75) is 53.4 Å². The maximum atomic E-state index is 12.5. The molecule has 0 fully saturated rings. The average Bonchev–Trinajstić information content (AvgIpc) is 3.66. The highest BCUT2D eigenvalue weighted by Crippen LogP contribution is 2.38. The third-order valence-corrected chi connectivity index (χ3v) is 8.67. The molecule has 0 atom stereocenters. The van der Waals surface area contributed by atoms with Crippen molar-refractivity contribution in [1.82, 2.24) is 25.3 Å². The molecule has 0 aromatic carbocycles. The topological polar surface area (TPSA) is 161 Å². The quantitative estimate of drug-likeness (QED) is 0.164. The first-order valence-corrected chi connectivity index (χ1v) is 15.0. The third kappa shape index (κ3) is 6.19. The van der Waals surface area contributed by atoms with Crippen molar-refractivity contribution in [2.24, 2.45) is 0 Å². The average molecular weight is 620 g/mol. The second-order valence-corrected chi connectivity index (χ2v) is 11.5. The molecule has 2 aliphatic rings. The van der Waals surface area contributed by atoms with Gasteiger partial charge in [0.25, 0.3) is 0 Å². The Morgan fingerprint density at radius 1 is 0.696 bits per heavy atom. The Balaban J connectivity index is 1.83. The van der Waals surface area contributed by atoms with E-state index < -0.39 is 18.5 Å². The summed E-state index contributed by atoms with van der Waals surface area (Å²) in [6.45, 7) is 15.6. The van der Waals surface area contributed by atoms with Gasteiger partial charge in [0.1, 0.15) is 6.54 Å². The minimum atomic E-state index is -1.11. The number of carboxylic acid groups (broad SMARTS) is 2. The maximum absolute atomic E-state index is 12.5. The molecule has 2 aliphatic heterocycles. The predicted octanol–water partition coefficient (Wildman–Crippen LogP) is 6.92. The summed E-state index contributed by atoms with van der Waals surface area (Å²) in [6.07, 6.45) is 4.24. The first-order valence-electron chi connectivity index (χ1n) is 15.0. The summed E-state index contributed by atoms with van der Waals surface area (Å²) in [5, 5.41) is 20.9. The fourth-order valence-electron chi connectivity index (χ4n) is 6.04. The molecular weight excluding hydrogens is 582 g/mol. The number of hydrogen-bond acceptors (Lipinski definition) is 5. The lowest BCUT2D eigenvalue weighted by Crippen LogP contribution is -2.28. The fraction of sp³-hybridized carbons (Fsp3) is 0.250. The Labute approximate surface area is 266 Å². The number of aromatic amines is 2. The Morgan fingerprint density at radius 2 is 1.17 bits per heavy atom. The molecule has 5 N–H and O–H groups in total. The van der Waals surface area contributed by atoms with Gasteiger partial charge in [0.15, 0.2) is 0 Å². The highest BCUT2D eigenvalue weighted by Gasteiger charge is 2.23. The van der Waals surface area contributed by atoms with E-state index in [9.17, 15) is 19.5 Å². The number of nitrogens with one attached hydrogen (secondary N) is 3. The lowest BCUT2D eigenvalue weighted by Gasteiger charge is -2.06. The number of hydrogen-bond donors (Lipinski definition) is 5. The number of carboxylic acids is 2. The second kappa shape index (κ2) is 12.8. The van der Waals surface area contributed by atoms with Crippen LogP contribution in [-0.2, 0) is 14.4 Å². The van der Waals surface area contributed by atoms with Crippen LogP contribution in [0.2, 0.25) is 0 Å². The number of amides is 1. The first kappa shape index (κ1) is 31.9. The van der Waals surface area contributed by atoms with Crippen LogP contribution in [0.25, 0.3) is 56.5 Å². The minimum Gasteiger partial charge on any atom is -0.481 e. The SMILES string of the molecule is C=Cc1c(C)c2cc3[nH]c(cc4nc(cc5nc(cc1[nH]2)C(C)=C5CCC(=O)O)C(CCC(=O)NCC(=O)O)=C4C)c(C)c3C=C. The summed E-state index contributed by atoms with van der Waals surface area (Å²) < 4.78 is 0. The molecule has 0 aliphatic carbocycles. The van der Waals surface area contributed by atoms with Crippen molar-refractivity contribution < 1.29 is 24.6 Å². The number of nitrogens with zero attached hydrogens (tertiary/aromatic N) is 2. The second-order valence-electron chi connectivity index (χ2n) is 11.5. The van der Waals surface area contributed by atoms with Gasteiger partial charge in [-0.3, -0.25) is 14.4 Å². The summed E-state index contributed by atoms with van der Waals surface area (Å²) in [5.74, 6) is -2.40. The van der Waals surface area contributed by atoms with E-state index in [4.69, 9.17) is 15.1 Å². The zero-order valence-electron chi connectivity index (χ0n) is 26.4. The molecule has 10 heteroatoms. The lowest BCUT2D eigenvalue weighted by atomic mass is 9.98.